The third-order valence-corrected chi connectivity index (χ3v) is 2.61. The van der Waals surface area contributed by atoms with Gasteiger partial charge in [-0.25, -0.2) is 0 Å². The Morgan fingerprint density at radius 3 is 2.47 bits per heavy atom. The second-order valence-corrected chi connectivity index (χ2v) is 4.66. The lowest BCUT2D eigenvalue weighted by Gasteiger charge is -2.21. The molecule has 0 saturated carbocycles. The molecule has 1 rings (SSSR count). The predicted molar refractivity (Wildman–Crippen MR) is 68.4 cm³/mol. The van der Waals surface area contributed by atoms with Crippen molar-refractivity contribution in [3.8, 4) is 0 Å². The number of methoxy groups -OCH3 is 1. The van der Waals surface area contributed by atoms with E-state index in [2.05, 4.69) is 5.32 Å². The van der Waals surface area contributed by atoms with E-state index in [0.29, 0.717) is 13.0 Å². The number of hydrogen-bond acceptors (Lipinski definition) is 3. The Balaban J connectivity index is 2.41. The van der Waals surface area contributed by atoms with Gasteiger partial charge in [-0.1, -0.05) is 12.1 Å². The maximum Gasteiger partial charge on any atom is 0.223 e. The van der Waals surface area contributed by atoms with Crippen molar-refractivity contribution in [2.75, 3.05) is 12.8 Å². The van der Waals surface area contributed by atoms with E-state index >= 15 is 0 Å². The predicted octanol–water partition coefficient (Wildman–Crippen LogP) is 1.70. The van der Waals surface area contributed by atoms with Gasteiger partial charge >= 0.3 is 0 Å². The van der Waals surface area contributed by atoms with Crippen LogP contribution in [0.2, 0.25) is 0 Å². The topological polar surface area (TPSA) is 64.3 Å². The van der Waals surface area contributed by atoms with Crippen LogP contribution in [0.4, 0.5) is 5.69 Å². The van der Waals surface area contributed by atoms with Crippen molar-refractivity contribution in [3.05, 3.63) is 29.8 Å². The third kappa shape index (κ3) is 4.87. The highest BCUT2D eigenvalue weighted by atomic mass is 16.5. The summed E-state index contributed by atoms with van der Waals surface area (Å²) in [6, 6.07) is 7.44. The quantitative estimate of drug-likeness (QED) is 0.765. The molecule has 0 unspecified atom stereocenters. The van der Waals surface area contributed by atoms with E-state index in [-0.39, 0.29) is 5.91 Å². The molecule has 1 aromatic carbocycles. The smallest absolute Gasteiger partial charge is 0.223 e. The largest absolute Gasteiger partial charge is 0.399 e. The zero-order valence-corrected chi connectivity index (χ0v) is 10.6. The Bertz CT molecular complexity index is 372. The summed E-state index contributed by atoms with van der Waals surface area (Å²) < 4.78 is 5.20. The average Bonchev–Trinajstić information content (AvgIpc) is 2.28. The molecule has 0 aromatic heterocycles. The van der Waals surface area contributed by atoms with Crippen molar-refractivity contribution in [2.45, 2.75) is 32.4 Å². The Kier molecular flexibility index (Phi) is 4.52. The van der Waals surface area contributed by atoms with Crippen LogP contribution in [0.25, 0.3) is 0 Å². The Labute approximate surface area is 102 Å². The number of ether oxygens (including phenoxy) is 1. The van der Waals surface area contributed by atoms with E-state index in [0.717, 1.165) is 11.3 Å². The molecule has 1 amide bonds. The Morgan fingerprint density at radius 2 is 1.94 bits per heavy atom. The molecule has 0 fully saturated rings. The zero-order valence-electron chi connectivity index (χ0n) is 10.6. The number of nitrogens with one attached hydrogen (secondary N) is 1. The number of carbonyl (C=O) groups is 1. The lowest BCUT2D eigenvalue weighted by atomic mass is 10.0. The molecule has 0 radical (unpaired) electrons. The minimum atomic E-state index is -0.425. The van der Waals surface area contributed by atoms with Crippen LogP contribution in [0.5, 0.6) is 0 Å². The molecule has 0 heterocycles. The molecular formula is C13H20N2O2. The number of carbonyl (C=O) groups excluding carboxylic acids is 1. The normalized spacial score (nSPS) is 11.2. The summed E-state index contributed by atoms with van der Waals surface area (Å²) >= 11 is 0. The third-order valence-electron chi connectivity index (χ3n) is 2.61. The van der Waals surface area contributed by atoms with Crippen LogP contribution in [-0.4, -0.2) is 18.6 Å². The molecule has 0 aliphatic carbocycles. The fraction of sp³-hybridized carbons (Fsp3) is 0.462. The van der Waals surface area contributed by atoms with Crippen LogP contribution in [-0.2, 0) is 16.1 Å². The Morgan fingerprint density at radius 1 is 1.35 bits per heavy atom. The van der Waals surface area contributed by atoms with Gasteiger partial charge in [0, 0.05) is 19.3 Å². The van der Waals surface area contributed by atoms with Crippen molar-refractivity contribution < 1.29 is 9.53 Å². The SMILES string of the molecule is COC(C)(C)CC(=O)NCc1ccc(N)cc1. The van der Waals surface area contributed by atoms with Crippen molar-refractivity contribution in [3.63, 3.8) is 0 Å². The van der Waals surface area contributed by atoms with Crippen LogP contribution in [0.15, 0.2) is 24.3 Å². The number of hydrogen-bond donors (Lipinski definition) is 2. The first-order chi connectivity index (χ1) is 7.93. The minimum absolute atomic E-state index is 0.0197. The maximum absolute atomic E-state index is 11.6. The van der Waals surface area contributed by atoms with Gasteiger partial charge in [0.1, 0.15) is 0 Å². The standard InChI is InChI=1S/C13H20N2O2/c1-13(2,17-3)8-12(16)15-9-10-4-6-11(14)7-5-10/h4-7H,8-9,14H2,1-3H3,(H,15,16). The number of anilines is 1. The average molecular weight is 236 g/mol. The zero-order chi connectivity index (χ0) is 12.9. The summed E-state index contributed by atoms with van der Waals surface area (Å²) in [5.74, 6) is -0.0197. The molecule has 0 spiro atoms. The first-order valence-electron chi connectivity index (χ1n) is 5.59. The minimum Gasteiger partial charge on any atom is -0.399 e. The molecule has 17 heavy (non-hydrogen) atoms. The number of rotatable bonds is 5. The monoisotopic (exact) mass is 236 g/mol. The summed E-state index contributed by atoms with van der Waals surface area (Å²) in [6.07, 6.45) is 0.346. The van der Waals surface area contributed by atoms with Crippen LogP contribution in [0.1, 0.15) is 25.8 Å². The van der Waals surface area contributed by atoms with Gasteiger partial charge in [0.2, 0.25) is 5.91 Å². The number of nitrogen functional groups attached to an aromatic ring is 1. The van der Waals surface area contributed by atoms with Gasteiger partial charge in [-0.3, -0.25) is 4.79 Å². The number of amides is 1. The van der Waals surface area contributed by atoms with Gasteiger partial charge in [-0.05, 0) is 31.5 Å². The van der Waals surface area contributed by atoms with Gasteiger partial charge in [0.25, 0.3) is 0 Å². The molecule has 0 aliphatic rings. The van der Waals surface area contributed by atoms with Gasteiger partial charge in [-0.2, -0.15) is 0 Å². The second kappa shape index (κ2) is 5.68. The van der Waals surface area contributed by atoms with Crippen LogP contribution in [0, 0.1) is 0 Å². The van der Waals surface area contributed by atoms with E-state index in [1.165, 1.54) is 0 Å². The van der Waals surface area contributed by atoms with Crippen LogP contribution < -0.4 is 11.1 Å². The number of nitrogens with two attached hydrogens (primary N) is 1. The first-order valence-corrected chi connectivity index (χ1v) is 5.59. The maximum atomic E-state index is 11.6. The molecule has 4 nitrogen and oxygen atoms in total. The summed E-state index contributed by atoms with van der Waals surface area (Å²) in [7, 11) is 1.60. The van der Waals surface area contributed by atoms with E-state index in [1.54, 1.807) is 7.11 Å². The summed E-state index contributed by atoms with van der Waals surface area (Å²) in [5.41, 5.74) is 6.91. The van der Waals surface area contributed by atoms with E-state index in [1.807, 2.05) is 38.1 Å². The molecule has 0 aliphatic heterocycles. The highest BCUT2D eigenvalue weighted by Crippen LogP contribution is 2.12. The molecule has 0 bridgehead atoms. The molecule has 0 saturated heterocycles. The number of benzene rings is 1. The lowest BCUT2D eigenvalue weighted by molar-refractivity contribution is -0.126. The van der Waals surface area contributed by atoms with Crippen LogP contribution >= 0.6 is 0 Å². The molecule has 4 heteroatoms. The second-order valence-electron chi connectivity index (χ2n) is 4.66. The van der Waals surface area contributed by atoms with Crippen molar-refractivity contribution in [1.82, 2.24) is 5.32 Å². The lowest BCUT2D eigenvalue weighted by Crippen LogP contribution is -2.33. The van der Waals surface area contributed by atoms with Crippen molar-refractivity contribution in [1.29, 1.82) is 0 Å². The van der Waals surface area contributed by atoms with Crippen LogP contribution in [0.3, 0.4) is 0 Å². The fourth-order valence-electron chi connectivity index (χ4n) is 1.36. The molecule has 94 valence electrons. The first kappa shape index (κ1) is 13.5. The Hall–Kier alpha value is -1.55. The van der Waals surface area contributed by atoms with Gasteiger partial charge < -0.3 is 15.8 Å². The van der Waals surface area contributed by atoms with Gasteiger partial charge in [0.15, 0.2) is 0 Å². The van der Waals surface area contributed by atoms with Crippen molar-refractivity contribution >= 4 is 11.6 Å². The molecule has 1 aromatic rings. The van der Waals surface area contributed by atoms with Crippen molar-refractivity contribution in [2.24, 2.45) is 0 Å². The summed E-state index contributed by atoms with van der Waals surface area (Å²) in [6.45, 7) is 4.28. The van der Waals surface area contributed by atoms with E-state index < -0.39 is 5.60 Å². The van der Waals surface area contributed by atoms with Gasteiger partial charge in [0.05, 0.1) is 12.0 Å². The highest BCUT2D eigenvalue weighted by Gasteiger charge is 2.20. The molecule has 0 atom stereocenters. The summed E-state index contributed by atoms with van der Waals surface area (Å²) in [5, 5.41) is 2.85. The highest BCUT2D eigenvalue weighted by molar-refractivity contribution is 5.76. The van der Waals surface area contributed by atoms with E-state index in [4.69, 9.17) is 10.5 Å². The fourth-order valence-corrected chi connectivity index (χ4v) is 1.36. The van der Waals surface area contributed by atoms with Gasteiger partial charge in [-0.15, -0.1) is 0 Å². The summed E-state index contributed by atoms with van der Waals surface area (Å²) in [4.78, 5) is 11.6. The van der Waals surface area contributed by atoms with E-state index in [9.17, 15) is 4.79 Å². The molecular weight excluding hydrogens is 216 g/mol. The molecule has 3 N–H and O–H groups in total.